The maximum atomic E-state index is 12.1. The lowest BCUT2D eigenvalue weighted by Gasteiger charge is -2.07. The first-order valence-electron chi connectivity index (χ1n) is 8.18. The fraction of sp³-hybridized carbons (Fsp3) is 0.222. The minimum absolute atomic E-state index is 0.118. The zero-order chi connectivity index (χ0) is 19.1. The number of thioether (sulfide) groups is 1. The topological polar surface area (TPSA) is 83.6 Å². The number of aromatic nitrogens is 3. The average Bonchev–Trinajstić information content (AvgIpc) is 3.32. The van der Waals surface area contributed by atoms with E-state index in [2.05, 4.69) is 27.0 Å². The molecule has 9 heteroatoms. The summed E-state index contributed by atoms with van der Waals surface area (Å²) in [7, 11) is 0. The maximum Gasteiger partial charge on any atom is 0.225 e. The van der Waals surface area contributed by atoms with E-state index in [1.54, 1.807) is 35.9 Å². The monoisotopic (exact) mass is 417 g/mol. The van der Waals surface area contributed by atoms with Crippen LogP contribution in [0.4, 0.5) is 5.69 Å². The lowest BCUT2D eigenvalue weighted by molar-refractivity contribution is -0.115. The predicted octanol–water partition coefficient (Wildman–Crippen LogP) is 4.23. The average molecular weight is 418 g/mol. The summed E-state index contributed by atoms with van der Waals surface area (Å²) in [6, 6.07) is 11.0. The number of aryl methyl sites for hydroxylation is 2. The van der Waals surface area contributed by atoms with Gasteiger partial charge in [0.2, 0.25) is 5.91 Å². The number of nitrogens with one attached hydrogen (secondary N) is 1. The maximum absolute atomic E-state index is 12.1. The molecular formula is C18H16ClN5OS2. The summed E-state index contributed by atoms with van der Waals surface area (Å²) in [6.45, 7) is 0.811. The fourth-order valence-electron chi connectivity index (χ4n) is 2.34. The zero-order valence-corrected chi connectivity index (χ0v) is 16.7. The van der Waals surface area contributed by atoms with Crippen LogP contribution >= 0.6 is 34.7 Å². The van der Waals surface area contributed by atoms with Crippen LogP contribution in [0.25, 0.3) is 0 Å². The number of hydrogen-bond donors (Lipinski definition) is 1. The van der Waals surface area contributed by atoms with E-state index in [0.717, 1.165) is 18.1 Å². The van der Waals surface area contributed by atoms with E-state index in [-0.39, 0.29) is 5.91 Å². The molecule has 0 saturated carbocycles. The zero-order valence-electron chi connectivity index (χ0n) is 14.3. The van der Waals surface area contributed by atoms with Crippen LogP contribution in [0.3, 0.4) is 0 Å². The van der Waals surface area contributed by atoms with Crippen LogP contribution in [-0.4, -0.2) is 26.4 Å². The summed E-state index contributed by atoms with van der Waals surface area (Å²) in [5, 5.41) is 22.9. The second-order valence-electron chi connectivity index (χ2n) is 5.59. The predicted molar refractivity (Wildman–Crippen MR) is 108 cm³/mol. The Bertz CT molecular complexity index is 949. The third kappa shape index (κ3) is 5.57. The molecule has 3 rings (SSSR count). The molecule has 1 N–H and O–H groups in total. The van der Waals surface area contributed by atoms with E-state index in [1.165, 1.54) is 16.6 Å². The molecule has 0 atom stereocenters. The van der Waals surface area contributed by atoms with Gasteiger partial charge in [-0.15, -0.1) is 21.5 Å². The number of carbonyl (C=O) groups excluding carboxylic acids is 1. The Morgan fingerprint density at radius 1 is 1.41 bits per heavy atom. The molecule has 1 aromatic carbocycles. The van der Waals surface area contributed by atoms with E-state index in [4.69, 9.17) is 16.9 Å². The van der Waals surface area contributed by atoms with Crippen LogP contribution in [0.2, 0.25) is 5.02 Å². The van der Waals surface area contributed by atoms with Gasteiger partial charge in [0.15, 0.2) is 5.16 Å². The Morgan fingerprint density at radius 2 is 2.30 bits per heavy atom. The highest BCUT2D eigenvalue weighted by Crippen LogP contribution is 2.21. The third-order valence-electron chi connectivity index (χ3n) is 3.69. The Labute approximate surface area is 170 Å². The molecule has 0 saturated heterocycles. The molecule has 1 amide bonds. The van der Waals surface area contributed by atoms with Crippen molar-refractivity contribution in [3.8, 4) is 6.07 Å². The first kappa shape index (κ1) is 19.4. The number of anilines is 1. The summed E-state index contributed by atoms with van der Waals surface area (Å²) >= 11 is 9.21. The second kappa shape index (κ2) is 9.55. The van der Waals surface area contributed by atoms with Gasteiger partial charge in [-0.2, -0.15) is 5.26 Å². The van der Waals surface area contributed by atoms with Crippen LogP contribution in [0, 0.1) is 11.3 Å². The van der Waals surface area contributed by atoms with Gasteiger partial charge in [-0.25, -0.2) is 0 Å². The van der Waals surface area contributed by atoms with Crippen molar-refractivity contribution in [2.45, 2.75) is 24.5 Å². The van der Waals surface area contributed by atoms with E-state index in [9.17, 15) is 4.79 Å². The number of thiophene rings is 1. The van der Waals surface area contributed by atoms with Crippen molar-refractivity contribution < 1.29 is 4.79 Å². The van der Waals surface area contributed by atoms with E-state index in [1.807, 2.05) is 16.7 Å². The number of hydrogen-bond acceptors (Lipinski definition) is 6. The molecule has 0 bridgehead atoms. The van der Waals surface area contributed by atoms with Crippen LogP contribution < -0.4 is 5.32 Å². The van der Waals surface area contributed by atoms with E-state index < -0.39 is 0 Å². The number of nitriles is 1. The van der Waals surface area contributed by atoms with Crippen molar-refractivity contribution in [1.82, 2.24) is 14.8 Å². The second-order valence-corrected chi connectivity index (χ2v) is 8.09. The van der Waals surface area contributed by atoms with Gasteiger partial charge in [0.1, 0.15) is 12.4 Å². The molecule has 0 unspecified atom stereocenters. The molecule has 0 radical (unpaired) electrons. The SMILES string of the molecule is N#Cc1ccc(NC(=O)CCSc2nncn2CCc2cccs2)cc1Cl. The van der Waals surface area contributed by atoms with Gasteiger partial charge in [0.25, 0.3) is 0 Å². The van der Waals surface area contributed by atoms with Gasteiger partial charge in [-0.05, 0) is 36.1 Å². The Morgan fingerprint density at radius 3 is 3.04 bits per heavy atom. The molecule has 2 aromatic heterocycles. The highest BCUT2D eigenvalue weighted by atomic mass is 35.5. The van der Waals surface area contributed by atoms with Crippen molar-refractivity contribution in [2.24, 2.45) is 0 Å². The van der Waals surface area contributed by atoms with Crippen LogP contribution in [0.5, 0.6) is 0 Å². The fourth-order valence-corrected chi connectivity index (χ4v) is 4.14. The molecule has 3 aromatic rings. The summed E-state index contributed by atoms with van der Waals surface area (Å²) in [6.07, 6.45) is 2.98. The normalized spacial score (nSPS) is 10.5. The molecular weight excluding hydrogens is 402 g/mol. The number of nitrogens with zero attached hydrogens (tertiary/aromatic N) is 4. The molecule has 0 spiro atoms. The summed E-state index contributed by atoms with van der Waals surface area (Å²) in [4.78, 5) is 13.4. The van der Waals surface area contributed by atoms with Crippen molar-refractivity contribution in [2.75, 3.05) is 11.1 Å². The Balaban J connectivity index is 1.46. The molecule has 0 aliphatic rings. The Hall–Kier alpha value is -2.34. The number of amides is 1. The van der Waals surface area contributed by atoms with Gasteiger partial charge < -0.3 is 9.88 Å². The minimum Gasteiger partial charge on any atom is -0.326 e. The smallest absolute Gasteiger partial charge is 0.225 e. The first-order valence-corrected chi connectivity index (χ1v) is 10.4. The molecule has 0 fully saturated rings. The van der Waals surface area contributed by atoms with Gasteiger partial charge in [0, 0.05) is 29.3 Å². The van der Waals surface area contributed by atoms with Crippen molar-refractivity contribution >= 4 is 46.3 Å². The molecule has 0 aliphatic heterocycles. The van der Waals surface area contributed by atoms with Crippen molar-refractivity contribution in [3.05, 3.63) is 57.5 Å². The number of halogens is 1. The largest absolute Gasteiger partial charge is 0.326 e. The van der Waals surface area contributed by atoms with Crippen molar-refractivity contribution in [3.63, 3.8) is 0 Å². The van der Waals surface area contributed by atoms with Gasteiger partial charge >= 0.3 is 0 Å². The molecule has 0 aliphatic carbocycles. The summed E-state index contributed by atoms with van der Waals surface area (Å²) < 4.78 is 2.00. The summed E-state index contributed by atoms with van der Waals surface area (Å²) in [5.74, 6) is 0.473. The van der Waals surface area contributed by atoms with Crippen LogP contribution in [0.15, 0.2) is 47.2 Å². The lowest BCUT2D eigenvalue weighted by Crippen LogP contribution is -2.12. The molecule has 2 heterocycles. The number of benzene rings is 1. The highest BCUT2D eigenvalue weighted by Gasteiger charge is 2.09. The first-order chi connectivity index (χ1) is 13.2. The summed E-state index contributed by atoms with van der Waals surface area (Å²) in [5.41, 5.74) is 0.959. The van der Waals surface area contributed by atoms with Crippen LogP contribution in [-0.2, 0) is 17.8 Å². The minimum atomic E-state index is -0.118. The van der Waals surface area contributed by atoms with Gasteiger partial charge in [-0.1, -0.05) is 29.4 Å². The van der Waals surface area contributed by atoms with E-state index >= 15 is 0 Å². The molecule has 27 heavy (non-hydrogen) atoms. The Kier molecular flexibility index (Phi) is 6.87. The van der Waals surface area contributed by atoms with Crippen LogP contribution in [0.1, 0.15) is 16.9 Å². The van der Waals surface area contributed by atoms with Gasteiger partial charge in [-0.3, -0.25) is 4.79 Å². The quantitative estimate of drug-likeness (QED) is 0.554. The van der Waals surface area contributed by atoms with E-state index in [0.29, 0.717) is 28.4 Å². The number of carbonyl (C=O) groups is 1. The van der Waals surface area contributed by atoms with Crippen molar-refractivity contribution in [1.29, 1.82) is 5.26 Å². The number of rotatable bonds is 8. The molecule has 6 nitrogen and oxygen atoms in total. The van der Waals surface area contributed by atoms with Gasteiger partial charge in [0.05, 0.1) is 10.6 Å². The molecule has 138 valence electrons. The lowest BCUT2D eigenvalue weighted by atomic mass is 10.2. The standard InChI is InChI=1S/C18H16ClN5OS2/c19-16-10-14(4-3-13(16)11-20)22-17(25)6-9-27-18-23-21-12-24(18)7-5-15-2-1-8-26-15/h1-4,8,10,12H,5-7,9H2,(H,22,25). The third-order valence-corrected chi connectivity index (χ3v) is 5.92. The highest BCUT2D eigenvalue weighted by molar-refractivity contribution is 7.99.